The lowest BCUT2D eigenvalue weighted by atomic mass is 9.98. The van der Waals surface area contributed by atoms with E-state index in [1.165, 1.54) is 0 Å². The predicted molar refractivity (Wildman–Crippen MR) is 106 cm³/mol. The van der Waals surface area contributed by atoms with Crippen molar-refractivity contribution in [2.24, 2.45) is 0 Å². The quantitative estimate of drug-likeness (QED) is 0.523. The standard InChI is InChI=1S/C20H24N4O7/c1-20(2,3)31-19(29)24-10-14(25)23(18(24)28)9-13-15(16(26)21-13)22-17(27)30-11-12-7-5-4-6-8-12/h4-8,13,15H,9-11H2,1-3H3,(H,21,26)(H,22,27)/t13-,15+/m1/s1. The first kappa shape index (κ1) is 22.1. The van der Waals surface area contributed by atoms with Gasteiger partial charge in [0.05, 0.1) is 12.6 Å². The van der Waals surface area contributed by atoms with Gasteiger partial charge in [-0.25, -0.2) is 19.3 Å². The molecule has 2 saturated heterocycles. The van der Waals surface area contributed by atoms with Crippen molar-refractivity contribution < 1.29 is 33.4 Å². The van der Waals surface area contributed by atoms with Gasteiger partial charge in [-0.2, -0.15) is 0 Å². The number of benzene rings is 1. The molecule has 2 atom stereocenters. The summed E-state index contributed by atoms with van der Waals surface area (Å²) in [6, 6.07) is 6.49. The zero-order valence-electron chi connectivity index (χ0n) is 17.4. The minimum atomic E-state index is -0.973. The summed E-state index contributed by atoms with van der Waals surface area (Å²) < 4.78 is 10.2. The number of ether oxygens (including phenoxy) is 2. The Morgan fingerprint density at radius 1 is 1.16 bits per heavy atom. The van der Waals surface area contributed by atoms with E-state index in [0.29, 0.717) is 4.90 Å². The highest BCUT2D eigenvalue weighted by Gasteiger charge is 2.47. The van der Waals surface area contributed by atoms with Crippen molar-refractivity contribution in [3.05, 3.63) is 35.9 Å². The number of β-lactam (4-membered cyclic amide) rings is 1. The second-order valence-electron chi connectivity index (χ2n) is 8.15. The fourth-order valence-corrected chi connectivity index (χ4v) is 3.03. The number of imide groups is 2. The summed E-state index contributed by atoms with van der Waals surface area (Å²) in [5.41, 5.74) is -0.0481. The molecular formula is C20H24N4O7. The number of urea groups is 1. The van der Waals surface area contributed by atoms with Gasteiger partial charge >= 0.3 is 18.2 Å². The maximum Gasteiger partial charge on any atom is 0.419 e. The van der Waals surface area contributed by atoms with Crippen molar-refractivity contribution >= 4 is 30.0 Å². The smallest absolute Gasteiger partial charge is 0.419 e. The normalized spacial score (nSPS) is 20.8. The Kier molecular flexibility index (Phi) is 6.14. The molecule has 31 heavy (non-hydrogen) atoms. The van der Waals surface area contributed by atoms with Crippen LogP contribution in [0.1, 0.15) is 26.3 Å². The van der Waals surface area contributed by atoms with E-state index >= 15 is 0 Å². The molecule has 0 radical (unpaired) electrons. The van der Waals surface area contributed by atoms with E-state index in [9.17, 15) is 24.0 Å². The van der Waals surface area contributed by atoms with Crippen LogP contribution in [-0.4, -0.2) is 70.6 Å². The van der Waals surface area contributed by atoms with Crippen LogP contribution < -0.4 is 10.6 Å². The zero-order chi connectivity index (χ0) is 22.8. The molecule has 2 heterocycles. The van der Waals surface area contributed by atoms with E-state index in [-0.39, 0.29) is 13.2 Å². The summed E-state index contributed by atoms with van der Waals surface area (Å²) in [6.45, 7) is 4.30. The molecule has 2 N–H and O–H groups in total. The molecule has 2 fully saturated rings. The van der Waals surface area contributed by atoms with Crippen molar-refractivity contribution in [3.63, 3.8) is 0 Å². The lowest BCUT2D eigenvalue weighted by Gasteiger charge is -2.38. The third-order valence-electron chi connectivity index (χ3n) is 4.55. The molecule has 3 rings (SSSR count). The van der Waals surface area contributed by atoms with Gasteiger partial charge in [0.15, 0.2) is 0 Å². The van der Waals surface area contributed by atoms with Gasteiger partial charge in [-0.05, 0) is 26.3 Å². The molecule has 0 aliphatic carbocycles. The zero-order valence-corrected chi connectivity index (χ0v) is 17.4. The topological polar surface area (TPSA) is 134 Å². The van der Waals surface area contributed by atoms with Gasteiger partial charge in [0.1, 0.15) is 24.8 Å². The Bertz CT molecular complexity index is 897. The monoisotopic (exact) mass is 432 g/mol. The van der Waals surface area contributed by atoms with Gasteiger partial charge in [0.25, 0.3) is 5.91 Å². The van der Waals surface area contributed by atoms with E-state index < -0.39 is 54.3 Å². The Labute approximate surface area is 178 Å². The largest absolute Gasteiger partial charge is 0.445 e. The summed E-state index contributed by atoms with van der Waals surface area (Å²) >= 11 is 0. The molecule has 0 saturated carbocycles. The summed E-state index contributed by atoms with van der Waals surface area (Å²) in [7, 11) is 0. The third-order valence-corrected chi connectivity index (χ3v) is 4.55. The number of nitrogens with zero attached hydrogens (tertiary/aromatic N) is 2. The molecule has 1 aromatic carbocycles. The number of rotatable bonds is 5. The first-order valence-electron chi connectivity index (χ1n) is 9.67. The molecule has 11 nitrogen and oxygen atoms in total. The average Bonchev–Trinajstić information content (AvgIpc) is 2.98. The van der Waals surface area contributed by atoms with Crippen LogP contribution in [-0.2, 0) is 25.7 Å². The highest BCUT2D eigenvalue weighted by molar-refractivity contribution is 6.09. The van der Waals surface area contributed by atoms with E-state index in [2.05, 4.69) is 10.6 Å². The maximum absolute atomic E-state index is 12.5. The molecule has 0 aromatic heterocycles. The fraction of sp³-hybridized carbons (Fsp3) is 0.450. The molecule has 6 amide bonds. The van der Waals surface area contributed by atoms with Crippen LogP contribution in [0, 0.1) is 0 Å². The van der Waals surface area contributed by atoms with Crippen LogP contribution in [0.25, 0.3) is 0 Å². The number of hydrogen-bond acceptors (Lipinski definition) is 7. The van der Waals surface area contributed by atoms with Crippen molar-refractivity contribution in [1.29, 1.82) is 0 Å². The average molecular weight is 432 g/mol. The minimum absolute atomic E-state index is 0.0274. The molecule has 166 valence electrons. The Balaban J connectivity index is 1.54. The maximum atomic E-state index is 12.5. The number of nitrogens with one attached hydrogen (secondary N) is 2. The van der Waals surface area contributed by atoms with Crippen molar-refractivity contribution in [1.82, 2.24) is 20.4 Å². The molecule has 0 spiro atoms. The first-order valence-corrected chi connectivity index (χ1v) is 9.67. The molecule has 11 heteroatoms. The highest BCUT2D eigenvalue weighted by atomic mass is 16.6. The Morgan fingerprint density at radius 2 is 1.84 bits per heavy atom. The van der Waals surface area contributed by atoms with E-state index in [0.717, 1.165) is 10.5 Å². The Morgan fingerprint density at radius 3 is 2.45 bits per heavy atom. The number of carbonyl (C=O) groups is 5. The lowest BCUT2D eigenvalue weighted by molar-refractivity contribution is -0.134. The summed E-state index contributed by atoms with van der Waals surface area (Å²) in [5, 5.41) is 4.96. The molecule has 0 bridgehead atoms. The third kappa shape index (κ3) is 5.30. The van der Waals surface area contributed by atoms with E-state index in [1.54, 1.807) is 45.0 Å². The molecular weight excluding hydrogens is 408 g/mol. The van der Waals surface area contributed by atoms with Gasteiger partial charge in [-0.3, -0.25) is 14.5 Å². The van der Waals surface area contributed by atoms with Crippen molar-refractivity contribution in [3.8, 4) is 0 Å². The SMILES string of the molecule is CC(C)(C)OC(=O)N1CC(=O)N(C[C@H]2NC(=O)[C@H]2NC(=O)OCc2ccccc2)C1=O. The number of hydrogen-bond donors (Lipinski definition) is 2. The lowest BCUT2D eigenvalue weighted by Crippen LogP contribution is -2.72. The van der Waals surface area contributed by atoms with Gasteiger partial charge in [-0.1, -0.05) is 30.3 Å². The summed E-state index contributed by atoms with van der Waals surface area (Å²) in [4.78, 5) is 62.3. The van der Waals surface area contributed by atoms with Crippen LogP contribution in [0.4, 0.5) is 14.4 Å². The van der Waals surface area contributed by atoms with Gasteiger partial charge in [-0.15, -0.1) is 0 Å². The van der Waals surface area contributed by atoms with Crippen LogP contribution in [0.15, 0.2) is 30.3 Å². The van der Waals surface area contributed by atoms with E-state index in [1.807, 2.05) is 6.07 Å². The van der Waals surface area contributed by atoms with Crippen molar-refractivity contribution in [2.45, 2.75) is 45.1 Å². The van der Waals surface area contributed by atoms with Gasteiger partial charge in [0.2, 0.25) is 5.91 Å². The summed E-state index contributed by atoms with van der Waals surface area (Å²) in [5.74, 6) is -1.08. The highest BCUT2D eigenvalue weighted by Crippen LogP contribution is 2.18. The Hall–Kier alpha value is -3.63. The molecule has 0 unspecified atom stereocenters. The van der Waals surface area contributed by atoms with Gasteiger partial charge in [0, 0.05) is 0 Å². The minimum Gasteiger partial charge on any atom is -0.445 e. The van der Waals surface area contributed by atoms with Crippen LogP contribution in [0.5, 0.6) is 0 Å². The molecule has 1 aromatic rings. The second-order valence-corrected chi connectivity index (χ2v) is 8.15. The summed E-state index contributed by atoms with van der Waals surface area (Å²) in [6.07, 6.45) is -1.73. The van der Waals surface area contributed by atoms with E-state index in [4.69, 9.17) is 9.47 Å². The van der Waals surface area contributed by atoms with Crippen LogP contribution in [0.2, 0.25) is 0 Å². The predicted octanol–water partition coefficient (Wildman–Crippen LogP) is 0.979. The first-order chi connectivity index (χ1) is 14.5. The van der Waals surface area contributed by atoms with Gasteiger partial charge < -0.3 is 20.1 Å². The number of carbonyl (C=O) groups excluding carboxylic acids is 5. The fourth-order valence-electron chi connectivity index (χ4n) is 3.03. The second kappa shape index (κ2) is 8.62. The number of alkyl carbamates (subject to hydrolysis) is 1. The van der Waals surface area contributed by atoms with Crippen molar-refractivity contribution in [2.75, 3.05) is 13.1 Å². The molecule has 2 aliphatic heterocycles. The van der Waals surface area contributed by atoms with Crippen LogP contribution >= 0.6 is 0 Å². The van der Waals surface area contributed by atoms with Crippen LogP contribution in [0.3, 0.4) is 0 Å². The number of amides is 6. The molecule has 2 aliphatic rings.